The van der Waals surface area contributed by atoms with Gasteiger partial charge in [0.25, 0.3) is 0 Å². The molecule has 0 bridgehead atoms. The summed E-state index contributed by atoms with van der Waals surface area (Å²) in [6.07, 6.45) is 5.31. The molecule has 1 aromatic carbocycles. The summed E-state index contributed by atoms with van der Waals surface area (Å²) < 4.78 is 5.50. The number of ether oxygens (including phenoxy) is 1. The predicted molar refractivity (Wildman–Crippen MR) is 153 cm³/mol. The molecule has 0 heterocycles. The standard InChI is InChI=1S/C31H51N3O4/c1-11-20(2)25(33-29(37)38-31(8,9)10)28(36)34(30(5,6)7)26(23-18-17-21(3)22(4)19-23)27(35)32-24-15-13-12-14-16-24/h17-20,24-26H,11-16H2,1-10H3,(H,32,35)(H,33,37). The van der Waals surface area contributed by atoms with Crippen molar-refractivity contribution in [1.29, 1.82) is 0 Å². The van der Waals surface area contributed by atoms with E-state index in [9.17, 15) is 14.4 Å². The highest BCUT2D eigenvalue weighted by molar-refractivity contribution is 5.93. The van der Waals surface area contributed by atoms with E-state index in [1.54, 1.807) is 25.7 Å². The molecule has 0 aromatic heterocycles. The highest BCUT2D eigenvalue weighted by Gasteiger charge is 2.43. The van der Waals surface area contributed by atoms with Crippen LogP contribution in [0.25, 0.3) is 0 Å². The van der Waals surface area contributed by atoms with Gasteiger partial charge < -0.3 is 20.3 Å². The first-order valence-electron chi connectivity index (χ1n) is 14.2. The topological polar surface area (TPSA) is 87.7 Å². The van der Waals surface area contributed by atoms with Crippen molar-refractivity contribution >= 4 is 17.9 Å². The van der Waals surface area contributed by atoms with E-state index in [1.165, 1.54) is 6.42 Å². The Kier molecular flexibility index (Phi) is 10.8. The molecule has 0 saturated heterocycles. The van der Waals surface area contributed by atoms with Crippen LogP contribution in [0.4, 0.5) is 4.79 Å². The number of aryl methyl sites for hydroxylation is 2. The number of carbonyl (C=O) groups is 3. The zero-order chi connectivity index (χ0) is 28.8. The van der Waals surface area contributed by atoms with Gasteiger partial charge in [0.2, 0.25) is 11.8 Å². The zero-order valence-electron chi connectivity index (χ0n) is 25.4. The number of hydrogen-bond acceptors (Lipinski definition) is 4. The van der Waals surface area contributed by atoms with Crippen LogP contribution in [0.2, 0.25) is 0 Å². The molecule has 1 aromatic rings. The minimum absolute atomic E-state index is 0.104. The van der Waals surface area contributed by atoms with Crippen LogP contribution in [0.3, 0.4) is 0 Å². The van der Waals surface area contributed by atoms with Gasteiger partial charge in [-0.1, -0.05) is 57.7 Å². The van der Waals surface area contributed by atoms with Crippen LogP contribution in [0.15, 0.2) is 18.2 Å². The van der Waals surface area contributed by atoms with Gasteiger partial charge in [-0.25, -0.2) is 4.79 Å². The van der Waals surface area contributed by atoms with E-state index in [-0.39, 0.29) is 23.8 Å². The Morgan fingerprint density at radius 2 is 1.61 bits per heavy atom. The molecule has 0 radical (unpaired) electrons. The van der Waals surface area contributed by atoms with Crippen molar-refractivity contribution < 1.29 is 19.1 Å². The lowest BCUT2D eigenvalue weighted by Crippen LogP contribution is -2.60. The molecule has 214 valence electrons. The van der Waals surface area contributed by atoms with E-state index in [0.29, 0.717) is 6.42 Å². The van der Waals surface area contributed by atoms with E-state index in [2.05, 4.69) is 10.6 Å². The average Bonchev–Trinajstić information content (AvgIpc) is 2.80. The Bertz CT molecular complexity index is 970. The molecule has 0 spiro atoms. The lowest BCUT2D eigenvalue weighted by atomic mass is 9.90. The quantitative estimate of drug-likeness (QED) is 0.410. The molecule has 3 amide bonds. The average molecular weight is 530 g/mol. The van der Waals surface area contributed by atoms with Gasteiger partial charge in [-0.15, -0.1) is 0 Å². The normalized spacial score (nSPS) is 17.2. The minimum atomic E-state index is -0.842. The minimum Gasteiger partial charge on any atom is -0.444 e. The number of rotatable bonds is 8. The number of hydrogen-bond donors (Lipinski definition) is 2. The van der Waals surface area contributed by atoms with Gasteiger partial charge >= 0.3 is 6.09 Å². The Labute approximate surface area is 230 Å². The molecule has 1 aliphatic carbocycles. The summed E-state index contributed by atoms with van der Waals surface area (Å²) in [5, 5.41) is 6.11. The second-order valence-corrected chi connectivity index (χ2v) is 13.0. The highest BCUT2D eigenvalue weighted by atomic mass is 16.6. The van der Waals surface area contributed by atoms with Gasteiger partial charge in [0.15, 0.2) is 0 Å². The number of nitrogens with one attached hydrogen (secondary N) is 2. The van der Waals surface area contributed by atoms with Gasteiger partial charge in [-0.3, -0.25) is 9.59 Å². The summed E-state index contributed by atoms with van der Waals surface area (Å²) in [5.74, 6) is -0.634. The van der Waals surface area contributed by atoms with Crippen LogP contribution in [-0.2, 0) is 14.3 Å². The van der Waals surface area contributed by atoms with Crippen molar-refractivity contribution in [2.24, 2.45) is 5.92 Å². The molecule has 1 fully saturated rings. The molecule has 7 nitrogen and oxygen atoms in total. The molecule has 0 aliphatic heterocycles. The molecule has 7 heteroatoms. The fourth-order valence-electron chi connectivity index (χ4n) is 4.99. The van der Waals surface area contributed by atoms with Crippen LogP contribution in [-0.4, -0.2) is 46.0 Å². The fourth-order valence-corrected chi connectivity index (χ4v) is 4.99. The molecular weight excluding hydrogens is 478 g/mol. The van der Waals surface area contributed by atoms with Crippen molar-refractivity contribution in [3.05, 3.63) is 34.9 Å². The maximum Gasteiger partial charge on any atom is 0.408 e. The van der Waals surface area contributed by atoms with Gasteiger partial charge in [-0.2, -0.15) is 0 Å². The summed E-state index contributed by atoms with van der Waals surface area (Å²) in [5.41, 5.74) is 1.55. The third kappa shape index (κ3) is 8.74. The van der Waals surface area contributed by atoms with Gasteiger partial charge in [0, 0.05) is 11.6 Å². The number of nitrogens with zero attached hydrogens (tertiary/aromatic N) is 1. The lowest BCUT2D eigenvalue weighted by Gasteiger charge is -2.44. The third-order valence-electron chi connectivity index (χ3n) is 7.42. The Morgan fingerprint density at radius 1 is 1.00 bits per heavy atom. The Balaban J connectivity index is 2.57. The second-order valence-electron chi connectivity index (χ2n) is 13.0. The van der Waals surface area contributed by atoms with E-state index in [0.717, 1.165) is 42.4 Å². The molecule has 1 saturated carbocycles. The third-order valence-corrected chi connectivity index (χ3v) is 7.42. The SMILES string of the molecule is CCC(C)C(NC(=O)OC(C)(C)C)C(=O)N(C(C(=O)NC1CCCCC1)c1ccc(C)c(C)c1)C(C)(C)C. The van der Waals surface area contributed by atoms with E-state index in [1.807, 2.05) is 66.7 Å². The molecule has 1 aliphatic rings. The molecule has 38 heavy (non-hydrogen) atoms. The first kappa shape index (κ1) is 31.6. The zero-order valence-corrected chi connectivity index (χ0v) is 25.4. The Hall–Kier alpha value is -2.57. The Morgan fingerprint density at radius 3 is 2.11 bits per heavy atom. The largest absolute Gasteiger partial charge is 0.444 e. The summed E-state index contributed by atoms with van der Waals surface area (Å²) in [7, 11) is 0. The smallest absolute Gasteiger partial charge is 0.408 e. The lowest BCUT2D eigenvalue weighted by molar-refractivity contribution is -0.149. The summed E-state index contributed by atoms with van der Waals surface area (Å²) in [6.45, 7) is 19.2. The molecule has 2 rings (SSSR count). The maximum atomic E-state index is 14.4. The van der Waals surface area contributed by atoms with E-state index >= 15 is 0 Å². The van der Waals surface area contributed by atoms with Crippen LogP contribution < -0.4 is 10.6 Å². The molecule has 3 unspecified atom stereocenters. The van der Waals surface area contributed by atoms with Gasteiger partial charge in [-0.05, 0) is 90.8 Å². The van der Waals surface area contributed by atoms with Crippen molar-refractivity contribution in [1.82, 2.24) is 15.5 Å². The van der Waals surface area contributed by atoms with Crippen molar-refractivity contribution in [2.75, 3.05) is 0 Å². The predicted octanol–water partition coefficient (Wildman–Crippen LogP) is 6.36. The van der Waals surface area contributed by atoms with E-state index in [4.69, 9.17) is 4.74 Å². The molecule has 2 N–H and O–H groups in total. The molecular formula is C31H51N3O4. The van der Waals surface area contributed by atoms with Crippen LogP contribution in [0.5, 0.6) is 0 Å². The number of benzene rings is 1. The number of carbonyl (C=O) groups excluding carboxylic acids is 3. The number of amides is 3. The van der Waals surface area contributed by atoms with Crippen molar-refractivity contribution in [3.63, 3.8) is 0 Å². The first-order chi connectivity index (χ1) is 17.5. The van der Waals surface area contributed by atoms with Crippen LogP contribution in [0, 0.1) is 19.8 Å². The monoisotopic (exact) mass is 529 g/mol. The van der Waals surface area contributed by atoms with Crippen molar-refractivity contribution in [3.8, 4) is 0 Å². The first-order valence-corrected chi connectivity index (χ1v) is 14.2. The maximum absolute atomic E-state index is 14.4. The molecule has 3 atom stereocenters. The number of alkyl carbamates (subject to hydrolysis) is 1. The van der Waals surface area contributed by atoms with Crippen LogP contribution >= 0.6 is 0 Å². The van der Waals surface area contributed by atoms with Crippen molar-refractivity contribution in [2.45, 2.75) is 137 Å². The van der Waals surface area contributed by atoms with Gasteiger partial charge in [0.05, 0.1) is 0 Å². The highest BCUT2D eigenvalue weighted by Crippen LogP contribution is 2.33. The summed E-state index contributed by atoms with van der Waals surface area (Å²) >= 11 is 0. The van der Waals surface area contributed by atoms with Crippen LogP contribution in [0.1, 0.15) is 117 Å². The second kappa shape index (κ2) is 13.0. The van der Waals surface area contributed by atoms with E-state index < -0.39 is 29.3 Å². The summed E-state index contributed by atoms with van der Waals surface area (Å²) in [6, 6.07) is 4.38. The fraction of sp³-hybridized carbons (Fsp3) is 0.710. The summed E-state index contributed by atoms with van der Waals surface area (Å²) in [4.78, 5) is 43.0. The van der Waals surface area contributed by atoms with Gasteiger partial charge in [0.1, 0.15) is 17.7 Å².